The van der Waals surface area contributed by atoms with Gasteiger partial charge < -0.3 is 9.64 Å². The maximum absolute atomic E-state index is 13.0. The molecule has 0 bridgehead atoms. The fourth-order valence-corrected chi connectivity index (χ4v) is 5.12. The van der Waals surface area contributed by atoms with Gasteiger partial charge in [0.15, 0.2) is 6.61 Å². The van der Waals surface area contributed by atoms with Gasteiger partial charge in [0.05, 0.1) is 10.5 Å². The smallest absolute Gasteiger partial charge is 0.338 e. The van der Waals surface area contributed by atoms with E-state index in [9.17, 15) is 18.0 Å². The van der Waals surface area contributed by atoms with E-state index in [1.165, 1.54) is 21.3 Å². The molecule has 1 fully saturated rings. The van der Waals surface area contributed by atoms with Crippen LogP contribution in [0.4, 0.5) is 5.69 Å². The number of esters is 1. The average Bonchev–Trinajstić information content (AvgIpc) is 2.78. The maximum Gasteiger partial charge on any atom is 0.338 e. The average molecular weight is 431 g/mol. The van der Waals surface area contributed by atoms with Gasteiger partial charge in [0.25, 0.3) is 5.91 Å². The molecule has 0 saturated carbocycles. The lowest BCUT2D eigenvalue weighted by molar-refractivity contribution is -0.121. The molecule has 1 amide bonds. The first-order chi connectivity index (χ1) is 14.3. The monoisotopic (exact) mass is 430 g/mol. The van der Waals surface area contributed by atoms with Crippen molar-refractivity contribution in [1.29, 1.82) is 0 Å². The van der Waals surface area contributed by atoms with Gasteiger partial charge in [0, 0.05) is 25.8 Å². The first kappa shape index (κ1) is 22.0. The van der Waals surface area contributed by atoms with Crippen LogP contribution >= 0.6 is 0 Å². The van der Waals surface area contributed by atoms with Gasteiger partial charge in [-0.15, -0.1) is 0 Å². The van der Waals surface area contributed by atoms with E-state index in [2.05, 4.69) is 0 Å². The minimum Gasteiger partial charge on any atom is -0.452 e. The number of sulfonamides is 1. The van der Waals surface area contributed by atoms with Crippen LogP contribution in [0.2, 0.25) is 0 Å². The Morgan fingerprint density at radius 2 is 1.70 bits per heavy atom. The van der Waals surface area contributed by atoms with Gasteiger partial charge in [-0.3, -0.25) is 4.79 Å². The zero-order chi connectivity index (χ0) is 21.7. The quantitative estimate of drug-likeness (QED) is 0.658. The molecular formula is C22H26N2O5S. The molecule has 2 aromatic carbocycles. The van der Waals surface area contributed by atoms with E-state index in [4.69, 9.17) is 4.74 Å². The van der Waals surface area contributed by atoms with Gasteiger partial charge in [-0.1, -0.05) is 30.7 Å². The first-order valence-electron chi connectivity index (χ1n) is 9.90. The Balaban J connectivity index is 1.71. The van der Waals surface area contributed by atoms with E-state index in [1.54, 1.807) is 32.2 Å². The van der Waals surface area contributed by atoms with Crippen molar-refractivity contribution in [2.45, 2.75) is 31.1 Å². The van der Waals surface area contributed by atoms with Gasteiger partial charge in [-0.05, 0) is 49.6 Å². The molecule has 0 unspecified atom stereocenters. The molecule has 160 valence electrons. The number of para-hydroxylation sites is 1. The molecule has 0 aliphatic carbocycles. The van der Waals surface area contributed by atoms with E-state index >= 15 is 0 Å². The van der Waals surface area contributed by atoms with Crippen LogP contribution in [0, 0.1) is 6.92 Å². The number of ether oxygens (including phenoxy) is 1. The summed E-state index contributed by atoms with van der Waals surface area (Å²) in [5.41, 5.74) is 1.35. The molecule has 0 radical (unpaired) electrons. The number of hydrogen-bond donors (Lipinski definition) is 0. The van der Waals surface area contributed by atoms with Crippen LogP contribution in [0.25, 0.3) is 0 Å². The molecule has 1 aliphatic rings. The summed E-state index contributed by atoms with van der Waals surface area (Å²) in [7, 11) is -2.08. The Bertz CT molecular complexity index is 1020. The summed E-state index contributed by atoms with van der Waals surface area (Å²) < 4.78 is 32.6. The number of rotatable bonds is 6. The van der Waals surface area contributed by atoms with E-state index in [1.807, 2.05) is 18.2 Å². The summed E-state index contributed by atoms with van der Waals surface area (Å²) in [5, 5.41) is 0. The molecule has 0 aromatic heterocycles. The van der Waals surface area contributed by atoms with Crippen LogP contribution < -0.4 is 4.90 Å². The first-order valence-corrected chi connectivity index (χ1v) is 11.3. The number of anilines is 1. The standard InChI is InChI=1S/C22H26N2O5S/c1-17-11-12-18(15-20(17)30(27,28)24-13-7-4-8-14-24)22(26)29-16-21(25)23(2)19-9-5-3-6-10-19/h3,5-6,9-12,15H,4,7-8,13-14,16H2,1-2H3. The third-order valence-corrected chi connectivity index (χ3v) is 7.24. The Morgan fingerprint density at radius 1 is 1.03 bits per heavy atom. The molecule has 1 heterocycles. The summed E-state index contributed by atoms with van der Waals surface area (Å²) >= 11 is 0. The lowest BCUT2D eigenvalue weighted by Crippen LogP contribution is -2.36. The predicted molar refractivity (Wildman–Crippen MR) is 114 cm³/mol. The molecule has 30 heavy (non-hydrogen) atoms. The molecule has 2 aromatic rings. The molecule has 3 rings (SSSR count). The van der Waals surface area contributed by atoms with Crippen LogP contribution in [0.15, 0.2) is 53.4 Å². The number of hydrogen-bond acceptors (Lipinski definition) is 5. The zero-order valence-electron chi connectivity index (χ0n) is 17.2. The Morgan fingerprint density at radius 3 is 2.37 bits per heavy atom. The van der Waals surface area contributed by atoms with Crippen LogP contribution in [-0.4, -0.2) is 51.3 Å². The largest absolute Gasteiger partial charge is 0.452 e. The van der Waals surface area contributed by atoms with Crippen LogP contribution in [-0.2, 0) is 19.6 Å². The summed E-state index contributed by atoms with van der Waals surface area (Å²) in [4.78, 5) is 26.3. The highest BCUT2D eigenvalue weighted by Crippen LogP contribution is 2.24. The van der Waals surface area contributed by atoms with E-state index in [-0.39, 0.29) is 16.4 Å². The minimum atomic E-state index is -3.68. The number of amides is 1. The molecule has 7 nitrogen and oxygen atoms in total. The highest BCUT2D eigenvalue weighted by atomic mass is 32.2. The summed E-state index contributed by atoms with van der Waals surface area (Å²) in [6.45, 7) is 2.23. The Hall–Kier alpha value is -2.71. The normalized spacial score (nSPS) is 14.9. The summed E-state index contributed by atoms with van der Waals surface area (Å²) in [5.74, 6) is -1.12. The van der Waals surface area contributed by atoms with E-state index in [0.717, 1.165) is 19.3 Å². The second-order valence-electron chi connectivity index (χ2n) is 7.31. The van der Waals surface area contributed by atoms with Crippen LogP contribution in [0.1, 0.15) is 35.2 Å². The van der Waals surface area contributed by atoms with E-state index in [0.29, 0.717) is 24.3 Å². The number of nitrogens with zero attached hydrogens (tertiary/aromatic N) is 2. The molecule has 8 heteroatoms. The van der Waals surface area contributed by atoms with Crippen molar-refractivity contribution in [2.75, 3.05) is 31.6 Å². The topological polar surface area (TPSA) is 84.0 Å². The van der Waals surface area contributed by atoms with Crippen LogP contribution in [0.5, 0.6) is 0 Å². The van der Waals surface area contributed by atoms with Crippen molar-refractivity contribution >= 4 is 27.6 Å². The van der Waals surface area contributed by atoms with Gasteiger partial charge in [0.1, 0.15) is 0 Å². The highest BCUT2D eigenvalue weighted by Gasteiger charge is 2.28. The molecule has 0 N–H and O–H groups in total. The second kappa shape index (κ2) is 9.40. The molecule has 0 atom stereocenters. The van der Waals surface area contributed by atoms with Crippen molar-refractivity contribution in [3.8, 4) is 0 Å². The van der Waals surface area contributed by atoms with Gasteiger partial charge in [-0.2, -0.15) is 4.31 Å². The van der Waals surface area contributed by atoms with Crippen molar-refractivity contribution in [1.82, 2.24) is 4.31 Å². The highest BCUT2D eigenvalue weighted by molar-refractivity contribution is 7.89. The van der Waals surface area contributed by atoms with Gasteiger partial charge in [0.2, 0.25) is 10.0 Å². The third-order valence-electron chi connectivity index (χ3n) is 5.20. The fourth-order valence-electron chi connectivity index (χ4n) is 3.35. The predicted octanol–water partition coefficient (Wildman–Crippen LogP) is 2.99. The fraction of sp³-hybridized carbons (Fsp3) is 0.364. The van der Waals surface area contributed by atoms with Crippen molar-refractivity contribution in [3.63, 3.8) is 0 Å². The van der Waals surface area contributed by atoms with Crippen molar-refractivity contribution in [2.24, 2.45) is 0 Å². The SMILES string of the molecule is Cc1ccc(C(=O)OCC(=O)N(C)c2ccccc2)cc1S(=O)(=O)N1CCCCC1. The lowest BCUT2D eigenvalue weighted by Gasteiger charge is -2.26. The number of likely N-dealkylation sites (N-methyl/N-ethyl adjacent to an activating group) is 1. The van der Waals surface area contributed by atoms with E-state index < -0.39 is 22.6 Å². The zero-order valence-corrected chi connectivity index (χ0v) is 18.0. The van der Waals surface area contributed by atoms with Gasteiger partial charge in [-0.25, -0.2) is 13.2 Å². The number of piperidine rings is 1. The summed E-state index contributed by atoms with van der Waals surface area (Å²) in [6, 6.07) is 13.4. The number of carbonyl (C=O) groups excluding carboxylic acids is 2. The lowest BCUT2D eigenvalue weighted by atomic mass is 10.1. The Kier molecular flexibility index (Phi) is 6.89. The maximum atomic E-state index is 13.0. The molecular weight excluding hydrogens is 404 g/mol. The third kappa shape index (κ3) is 4.88. The summed E-state index contributed by atoms with van der Waals surface area (Å²) in [6.07, 6.45) is 2.68. The number of carbonyl (C=O) groups is 2. The van der Waals surface area contributed by atoms with Crippen molar-refractivity contribution < 1.29 is 22.7 Å². The number of benzene rings is 2. The van der Waals surface area contributed by atoms with Crippen molar-refractivity contribution in [3.05, 3.63) is 59.7 Å². The molecule has 1 saturated heterocycles. The van der Waals surface area contributed by atoms with Crippen LogP contribution in [0.3, 0.4) is 0 Å². The molecule has 0 spiro atoms. The molecule has 1 aliphatic heterocycles. The Labute approximate surface area is 177 Å². The van der Waals surface area contributed by atoms with Gasteiger partial charge >= 0.3 is 5.97 Å². The minimum absolute atomic E-state index is 0.103. The number of aryl methyl sites for hydroxylation is 1. The second-order valence-corrected chi connectivity index (χ2v) is 9.22.